The number of halogens is 1. The number of hydrogen-bond donors (Lipinski definition) is 1. The van der Waals surface area contributed by atoms with Gasteiger partial charge in [0.15, 0.2) is 0 Å². The second-order valence-electron chi connectivity index (χ2n) is 4.33. The molecule has 0 aliphatic rings. The second-order valence-corrected chi connectivity index (χ2v) is 5.83. The largest absolute Gasteiger partial charge is 0.360 e. The summed E-state index contributed by atoms with van der Waals surface area (Å²) in [4.78, 5) is 2.20. The molecule has 1 aromatic heterocycles. The first-order chi connectivity index (χ1) is 9.17. The highest BCUT2D eigenvalue weighted by Gasteiger charge is 2.07. The highest BCUT2D eigenvalue weighted by atomic mass is 35.5. The standard InChI is InChI=1S/C13H17ClN4S/c1-3-15-13-17-16-12(19-13)9-18(2)8-10-5-4-6-11(14)7-10/h4-7H,3,8-9H2,1-2H3,(H,15,17). The fraction of sp³-hybridized carbons (Fsp3) is 0.385. The molecule has 2 rings (SSSR count). The summed E-state index contributed by atoms with van der Waals surface area (Å²) in [6, 6.07) is 7.92. The Bertz CT molecular complexity index is 529. The Morgan fingerprint density at radius 2 is 2.16 bits per heavy atom. The molecule has 19 heavy (non-hydrogen) atoms. The first kappa shape index (κ1) is 14.2. The van der Waals surface area contributed by atoms with Crippen LogP contribution in [0.15, 0.2) is 24.3 Å². The molecular weight excluding hydrogens is 280 g/mol. The quantitative estimate of drug-likeness (QED) is 0.888. The molecule has 0 fully saturated rings. The highest BCUT2D eigenvalue weighted by molar-refractivity contribution is 7.15. The van der Waals surface area contributed by atoms with E-state index in [2.05, 4.69) is 33.5 Å². The molecule has 1 aromatic carbocycles. The number of rotatable bonds is 6. The highest BCUT2D eigenvalue weighted by Crippen LogP contribution is 2.18. The van der Waals surface area contributed by atoms with E-state index in [0.717, 1.165) is 34.8 Å². The molecule has 2 aromatic rings. The van der Waals surface area contributed by atoms with Gasteiger partial charge in [-0.25, -0.2) is 0 Å². The lowest BCUT2D eigenvalue weighted by molar-refractivity contribution is 0.317. The van der Waals surface area contributed by atoms with Gasteiger partial charge in [0.2, 0.25) is 5.13 Å². The number of hydrogen-bond acceptors (Lipinski definition) is 5. The van der Waals surface area contributed by atoms with Crippen molar-refractivity contribution in [3.63, 3.8) is 0 Å². The van der Waals surface area contributed by atoms with Crippen molar-refractivity contribution < 1.29 is 0 Å². The smallest absolute Gasteiger partial charge is 0.205 e. The maximum Gasteiger partial charge on any atom is 0.205 e. The summed E-state index contributed by atoms with van der Waals surface area (Å²) in [7, 11) is 2.06. The van der Waals surface area contributed by atoms with Crippen LogP contribution in [0, 0.1) is 0 Å². The Hall–Kier alpha value is -1.17. The minimum atomic E-state index is 0.774. The van der Waals surface area contributed by atoms with Crippen LogP contribution < -0.4 is 5.32 Å². The lowest BCUT2D eigenvalue weighted by Gasteiger charge is -2.14. The van der Waals surface area contributed by atoms with Crippen molar-refractivity contribution in [2.45, 2.75) is 20.0 Å². The van der Waals surface area contributed by atoms with Crippen molar-refractivity contribution >= 4 is 28.1 Å². The van der Waals surface area contributed by atoms with Gasteiger partial charge in [0.05, 0.1) is 6.54 Å². The third-order valence-electron chi connectivity index (χ3n) is 2.54. The third-order valence-corrected chi connectivity index (χ3v) is 3.64. The van der Waals surface area contributed by atoms with Crippen molar-refractivity contribution in [3.05, 3.63) is 39.9 Å². The maximum atomic E-state index is 5.98. The number of anilines is 1. The molecule has 0 atom stereocenters. The summed E-state index contributed by atoms with van der Waals surface area (Å²) in [5.74, 6) is 0. The molecule has 6 heteroatoms. The van der Waals surface area contributed by atoms with E-state index in [4.69, 9.17) is 11.6 Å². The Morgan fingerprint density at radius 3 is 2.89 bits per heavy atom. The third kappa shape index (κ3) is 4.45. The molecule has 0 saturated carbocycles. The van der Waals surface area contributed by atoms with E-state index in [1.165, 1.54) is 5.56 Å². The van der Waals surface area contributed by atoms with Gasteiger partial charge >= 0.3 is 0 Å². The van der Waals surface area contributed by atoms with E-state index >= 15 is 0 Å². The predicted molar refractivity (Wildman–Crippen MR) is 80.7 cm³/mol. The lowest BCUT2D eigenvalue weighted by atomic mass is 10.2. The Kier molecular flexibility index (Phi) is 5.13. The average molecular weight is 297 g/mol. The topological polar surface area (TPSA) is 41.1 Å². The zero-order chi connectivity index (χ0) is 13.7. The van der Waals surface area contributed by atoms with E-state index in [1.54, 1.807) is 11.3 Å². The summed E-state index contributed by atoms with van der Waals surface area (Å²) in [5, 5.41) is 14.1. The fourth-order valence-corrected chi connectivity index (χ4v) is 2.87. The summed E-state index contributed by atoms with van der Waals surface area (Å²) in [5.41, 5.74) is 1.20. The van der Waals surface area contributed by atoms with Gasteiger partial charge < -0.3 is 5.32 Å². The SMILES string of the molecule is CCNc1nnc(CN(C)Cc2cccc(Cl)c2)s1. The van der Waals surface area contributed by atoms with Crippen LogP contribution >= 0.6 is 22.9 Å². The summed E-state index contributed by atoms with van der Waals surface area (Å²) in [6.07, 6.45) is 0. The van der Waals surface area contributed by atoms with E-state index < -0.39 is 0 Å². The van der Waals surface area contributed by atoms with Gasteiger partial charge in [0.1, 0.15) is 5.01 Å². The summed E-state index contributed by atoms with van der Waals surface area (Å²) >= 11 is 7.58. The molecule has 0 unspecified atom stereocenters. The van der Waals surface area contributed by atoms with Gasteiger partial charge in [-0.3, -0.25) is 4.90 Å². The van der Waals surface area contributed by atoms with Crippen LogP contribution in [0.25, 0.3) is 0 Å². The van der Waals surface area contributed by atoms with Crippen LogP contribution in [-0.2, 0) is 13.1 Å². The molecule has 4 nitrogen and oxygen atoms in total. The van der Waals surface area contributed by atoms with E-state index in [-0.39, 0.29) is 0 Å². The van der Waals surface area contributed by atoms with E-state index in [1.807, 2.05) is 25.1 Å². The minimum Gasteiger partial charge on any atom is -0.360 e. The van der Waals surface area contributed by atoms with Crippen LogP contribution in [-0.4, -0.2) is 28.7 Å². The zero-order valence-corrected chi connectivity index (χ0v) is 12.6. The Balaban J connectivity index is 1.91. The number of nitrogens with one attached hydrogen (secondary N) is 1. The van der Waals surface area contributed by atoms with Gasteiger partial charge in [-0.05, 0) is 31.7 Å². The van der Waals surface area contributed by atoms with Crippen molar-refractivity contribution in [1.82, 2.24) is 15.1 Å². The molecule has 0 spiro atoms. The average Bonchev–Trinajstić information content (AvgIpc) is 2.77. The monoisotopic (exact) mass is 296 g/mol. The van der Waals surface area contributed by atoms with Gasteiger partial charge in [0, 0.05) is 18.1 Å². The van der Waals surface area contributed by atoms with E-state index in [0.29, 0.717) is 0 Å². The normalized spacial score (nSPS) is 10.9. The molecule has 0 bridgehead atoms. The number of nitrogens with zero attached hydrogens (tertiary/aromatic N) is 3. The molecular formula is C13H17ClN4S. The molecule has 0 aliphatic heterocycles. The molecule has 0 aliphatic carbocycles. The second kappa shape index (κ2) is 6.84. The van der Waals surface area contributed by atoms with Crippen LogP contribution in [0.2, 0.25) is 5.02 Å². The van der Waals surface area contributed by atoms with E-state index in [9.17, 15) is 0 Å². The lowest BCUT2D eigenvalue weighted by Crippen LogP contribution is -2.17. The molecule has 102 valence electrons. The maximum absolute atomic E-state index is 5.98. The van der Waals surface area contributed by atoms with Crippen molar-refractivity contribution in [2.24, 2.45) is 0 Å². The minimum absolute atomic E-state index is 0.774. The molecule has 0 saturated heterocycles. The number of aromatic nitrogens is 2. The van der Waals surface area contributed by atoms with Gasteiger partial charge in [-0.15, -0.1) is 10.2 Å². The molecule has 1 N–H and O–H groups in total. The van der Waals surface area contributed by atoms with Crippen LogP contribution in [0.1, 0.15) is 17.5 Å². The van der Waals surface area contributed by atoms with Crippen LogP contribution in [0.4, 0.5) is 5.13 Å². The van der Waals surface area contributed by atoms with Crippen LogP contribution in [0.3, 0.4) is 0 Å². The predicted octanol–water partition coefficient (Wildman–Crippen LogP) is 3.26. The van der Waals surface area contributed by atoms with Crippen molar-refractivity contribution in [2.75, 3.05) is 18.9 Å². The van der Waals surface area contributed by atoms with Gasteiger partial charge in [0.25, 0.3) is 0 Å². The molecule has 0 radical (unpaired) electrons. The number of benzene rings is 1. The first-order valence-electron chi connectivity index (χ1n) is 6.16. The van der Waals surface area contributed by atoms with Crippen molar-refractivity contribution in [1.29, 1.82) is 0 Å². The summed E-state index contributed by atoms with van der Waals surface area (Å²) in [6.45, 7) is 4.55. The Labute approximate surface area is 122 Å². The first-order valence-corrected chi connectivity index (χ1v) is 7.36. The molecule has 1 heterocycles. The van der Waals surface area contributed by atoms with Gasteiger partial charge in [-0.2, -0.15) is 0 Å². The summed E-state index contributed by atoms with van der Waals surface area (Å²) < 4.78 is 0. The zero-order valence-electron chi connectivity index (χ0n) is 11.1. The Morgan fingerprint density at radius 1 is 1.32 bits per heavy atom. The van der Waals surface area contributed by atoms with Crippen LogP contribution in [0.5, 0.6) is 0 Å². The van der Waals surface area contributed by atoms with Crippen molar-refractivity contribution in [3.8, 4) is 0 Å². The van der Waals surface area contributed by atoms with Gasteiger partial charge in [-0.1, -0.05) is 35.1 Å². The molecule has 0 amide bonds. The fourth-order valence-electron chi connectivity index (χ4n) is 1.77.